The van der Waals surface area contributed by atoms with Gasteiger partial charge >= 0.3 is 6.03 Å². The van der Waals surface area contributed by atoms with E-state index >= 15 is 0 Å². The largest absolute Gasteiger partial charge is 0.329 e. The molecule has 70 valence electrons. The maximum atomic E-state index is 11.6. The van der Waals surface area contributed by atoms with Crippen LogP contribution in [0.1, 0.15) is 6.92 Å². The molecule has 0 aliphatic heterocycles. The lowest BCUT2D eigenvalue weighted by Crippen LogP contribution is -2.33. The van der Waals surface area contributed by atoms with Crippen LogP contribution < -0.4 is 0 Å². The van der Waals surface area contributed by atoms with E-state index in [2.05, 4.69) is 11.6 Å². The molecular weight excluding hydrogens is 166 g/mol. The van der Waals surface area contributed by atoms with Gasteiger partial charge in [-0.05, 0) is 6.92 Å². The Bertz CT molecular complexity index is 279. The van der Waals surface area contributed by atoms with Crippen molar-refractivity contribution in [3.05, 3.63) is 31.4 Å². The molecule has 0 aromatic carbocycles. The Hall–Kier alpha value is -1.58. The van der Waals surface area contributed by atoms with Gasteiger partial charge in [0.05, 0.1) is 0 Å². The quantitative estimate of drug-likeness (QED) is 0.657. The third-order valence-corrected chi connectivity index (χ3v) is 1.73. The molecule has 0 spiro atoms. The molecule has 4 heteroatoms. The number of aromatic nitrogens is 2. The average molecular weight is 179 g/mol. The molecule has 1 aromatic heterocycles. The molecule has 1 rings (SSSR count). The normalized spacial score (nSPS) is 9.62. The van der Waals surface area contributed by atoms with E-state index in [0.717, 1.165) is 0 Å². The first-order valence-electron chi connectivity index (χ1n) is 4.17. The third kappa shape index (κ3) is 2.18. The monoisotopic (exact) mass is 179 g/mol. The van der Waals surface area contributed by atoms with Crippen LogP contribution in [0.4, 0.5) is 4.79 Å². The number of imidazole rings is 1. The summed E-state index contributed by atoms with van der Waals surface area (Å²) in [6.45, 7) is 6.75. The van der Waals surface area contributed by atoms with Crippen LogP contribution in [-0.2, 0) is 0 Å². The highest BCUT2D eigenvalue weighted by Crippen LogP contribution is 1.95. The molecule has 0 bridgehead atoms. The Morgan fingerprint density at radius 1 is 1.77 bits per heavy atom. The van der Waals surface area contributed by atoms with Crippen molar-refractivity contribution in [3.63, 3.8) is 0 Å². The van der Waals surface area contributed by atoms with E-state index in [1.165, 1.54) is 10.9 Å². The number of carbonyl (C=O) groups is 1. The molecule has 0 unspecified atom stereocenters. The molecule has 0 radical (unpaired) electrons. The van der Waals surface area contributed by atoms with Gasteiger partial charge in [0.25, 0.3) is 0 Å². The van der Waals surface area contributed by atoms with E-state index < -0.39 is 0 Å². The fourth-order valence-electron chi connectivity index (χ4n) is 1.03. The Labute approximate surface area is 77.5 Å². The molecule has 1 heterocycles. The number of hydrogen-bond acceptors (Lipinski definition) is 2. The standard InChI is InChI=1S/C9H13N3O/c1-3-6-11(4-2)9(13)12-7-5-10-8-12/h3,5,7-8H,1,4,6H2,2H3. The number of carbonyl (C=O) groups excluding carboxylic acids is 1. The van der Waals surface area contributed by atoms with Gasteiger partial charge in [0.2, 0.25) is 0 Å². The van der Waals surface area contributed by atoms with Crippen molar-refractivity contribution in [2.24, 2.45) is 0 Å². The fourth-order valence-corrected chi connectivity index (χ4v) is 1.03. The lowest BCUT2D eigenvalue weighted by atomic mass is 10.5. The summed E-state index contributed by atoms with van der Waals surface area (Å²) in [5, 5.41) is 0. The first-order chi connectivity index (χ1) is 6.29. The molecule has 0 fully saturated rings. The van der Waals surface area contributed by atoms with Crippen molar-refractivity contribution in [2.45, 2.75) is 6.92 Å². The van der Waals surface area contributed by atoms with Crippen molar-refractivity contribution in [1.82, 2.24) is 14.5 Å². The zero-order valence-electron chi connectivity index (χ0n) is 7.68. The number of hydrogen-bond donors (Lipinski definition) is 0. The van der Waals surface area contributed by atoms with Gasteiger partial charge in [-0.2, -0.15) is 0 Å². The molecule has 0 atom stereocenters. The number of rotatable bonds is 3. The molecule has 0 N–H and O–H groups in total. The van der Waals surface area contributed by atoms with E-state index in [9.17, 15) is 4.79 Å². The summed E-state index contributed by atoms with van der Waals surface area (Å²) < 4.78 is 1.45. The van der Waals surface area contributed by atoms with Crippen molar-refractivity contribution in [2.75, 3.05) is 13.1 Å². The molecule has 0 saturated heterocycles. The van der Waals surface area contributed by atoms with Gasteiger partial charge in [0, 0.05) is 25.5 Å². The Kier molecular flexibility index (Phi) is 3.25. The van der Waals surface area contributed by atoms with Crippen molar-refractivity contribution < 1.29 is 4.79 Å². The maximum Gasteiger partial charge on any atom is 0.329 e. The maximum absolute atomic E-state index is 11.6. The third-order valence-electron chi connectivity index (χ3n) is 1.73. The highest BCUT2D eigenvalue weighted by atomic mass is 16.2. The second-order valence-corrected chi connectivity index (χ2v) is 2.58. The average Bonchev–Trinajstić information content (AvgIpc) is 2.65. The summed E-state index contributed by atoms with van der Waals surface area (Å²) in [4.78, 5) is 17.1. The number of amides is 1. The summed E-state index contributed by atoms with van der Waals surface area (Å²) in [5.74, 6) is 0. The molecule has 1 aromatic rings. The highest BCUT2D eigenvalue weighted by molar-refractivity contribution is 5.76. The Morgan fingerprint density at radius 2 is 2.54 bits per heavy atom. The summed E-state index contributed by atoms with van der Waals surface area (Å²) in [5.41, 5.74) is 0. The molecule has 0 saturated carbocycles. The van der Waals surface area contributed by atoms with Gasteiger partial charge in [-0.25, -0.2) is 9.78 Å². The molecule has 13 heavy (non-hydrogen) atoms. The summed E-state index contributed by atoms with van der Waals surface area (Å²) in [6.07, 6.45) is 6.42. The van der Waals surface area contributed by atoms with E-state index in [-0.39, 0.29) is 6.03 Å². The van der Waals surface area contributed by atoms with Crippen molar-refractivity contribution in [1.29, 1.82) is 0 Å². The van der Waals surface area contributed by atoms with Gasteiger partial charge in [-0.3, -0.25) is 4.57 Å². The Morgan fingerprint density at radius 3 is 3.00 bits per heavy atom. The minimum absolute atomic E-state index is 0.0695. The minimum Gasteiger partial charge on any atom is -0.321 e. The minimum atomic E-state index is -0.0695. The van der Waals surface area contributed by atoms with Crippen LogP contribution in [0.15, 0.2) is 31.4 Å². The van der Waals surface area contributed by atoms with Gasteiger partial charge in [0.1, 0.15) is 6.33 Å². The number of nitrogens with zero attached hydrogens (tertiary/aromatic N) is 3. The van der Waals surface area contributed by atoms with E-state index in [4.69, 9.17) is 0 Å². The van der Waals surface area contributed by atoms with Gasteiger partial charge < -0.3 is 4.90 Å². The van der Waals surface area contributed by atoms with Crippen LogP contribution in [0, 0.1) is 0 Å². The number of likely N-dealkylation sites (N-methyl/N-ethyl adjacent to an activating group) is 1. The molecule has 0 aliphatic rings. The van der Waals surface area contributed by atoms with Crippen LogP contribution in [0.25, 0.3) is 0 Å². The van der Waals surface area contributed by atoms with Gasteiger partial charge in [-0.1, -0.05) is 6.08 Å². The van der Waals surface area contributed by atoms with Crippen molar-refractivity contribution >= 4 is 6.03 Å². The predicted molar refractivity (Wildman–Crippen MR) is 50.5 cm³/mol. The zero-order chi connectivity index (χ0) is 9.68. The van der Waals surface area contributed by atoms with E-state index in [0.29, 0.717) is 13.1 Å². The predicted octanol–water partition coefficient (Wildman–Crippen LogP) is 1.36. The van der Waals surface area contributed by atoms with Crippen LogP contribution >= 0.6 is 0 Å². The van der Waals surface area contributed by atoms with Gasteiger partial charge in [0.15, 0.2) is 0 Å². The van der Waals surface area contributed by atoms with Crippen LogP contribution in [0.2, 0.25) is 0 Å². The van der Waals surface area contributed by atoms with E-state index in [1.807, 2.05) is 6.92 Å². The van der Waals surface area contributed by atoms with Gasteiger partial charge in [-0.15, -0.1) is 6.58 Å². The lowest BCUT2D eigenvalue weighted by molar-refractivity contribution is 0.207. The van der Waals surface area contributed by atoms with Crippen molar-refractivity contribution in [3.8, 4) is 0 Å². The summed E-state index contributed by atoms with van der Waals surface area (Å²) >= 11 is 0. The van der Waals surface area contributed by atoms with E-state index in [1.54, 1.807) is 23.4 Å². The molecule has 0 aliphatic carbocycles. The zero-order valence-corrected chi connectivity index (χ0v) is 7.68. The first kappa shape index (κ1) is 9.51. The topological polar surface area (TPSA) is 38.1 Å². The van der Waals surface area contributed by atoms with Crippen LogP contribution in [0.3, 0.4) is 0 Å². The second-order valence-electron chi connectivity index (χ2n) is 2.58. The fraction of sp³-hybridized carbons (Fsp3) is 0.333. The molecular formula is C9H13N3O. The molecule has 1 amide bonds. The SMILES string of the molecule is C=CCN(CC)C(=O)n1ccnc1. The summed E-state index contributed by atoms with van der Waals surface area (Å²) in [7, 11) is 0. The lowest BCUT2D eigenvalue weighted by Gasteiger charge is -2.18. The molecule has 4 nitrogen and oxygen atoms in total. The van der Waals surface area contributed by atoms with Crippen LogP contribution in [-0.4, -0.2) is 33.6 Å². The van der Waals surface area contributed by atoms with Crippen LogP contribution in [0.5, 0.6) is 0 Å². The first-order valence-corrected chi connectivity index (χ1v) is 4.17. The Balaban J connectivity index is 2.70. The smallest absolute Gasteiger partial charge is 0.321 e. The second kappa shape index (κ2) is 4.45. The summed E-state index contributed by atoms with van der Waals surface area (Å²) in [6, 6.07) is -0.0695. The highest BCUT2D eigenvalue weighted by Gasteiger charge is 2.10.